The highest BCUT2D eigenvalue weighted by Gasteiger charge is 2.17. The average Bonchev–Trinajstić information content (AvgIpc) is 2.82. The van der Waals surface area contributed by atoms with Gasteiger partial charge in [0.1, 0.15) is 5.82 Å². The Balaban J connectivity index is 2.10. The van der Waals surface area contributed by atoms with Crippen LogP contribution in [-0.4, -0.2) is 23.2 Å². The van der Waals surface area contributed by atoms with Crippen LogP contribution in [0.25, 0.3) is 11.3 Å². The molecule has 1 aliphatic heterocycles. The first-order chi connectivity index (χ1) is 9.20. The van der Waals surface area contributed by atoms with Gasteiger partial charge >= 0.3 is 0 Å². The number of hydrogen-bond acceptors (Lipinski definition) is 3. The van der Waals surface area contributed by atoms with Gasteiger partial charge in [-0.1, -0.05) is 11.6 Å². The van der Waals surface area contributed by atoms with Gasteiger partial charge in [-0.15, -0.1) is 0 Å². The van der Waals surface area contributed by atoms with Crippen LogP contribution in [0, 0.1) is 5.82 Å². The Bertz CT molecular complexity index is 603. The average molecular weight is 282 g/mol. The third-order valence-corrected chi connectivity index (χ3v) is 3.51. The van der Waals surface area contributed by atoms with Crippen molar-refractivity contribution in [2.45, 2.75) is 13.1 Å². The summed E-state index contributed by atoms with van der Waals surface area (Å²) in [7, 11) is 1.40. The number of fused-ring (bicyclic) bond motifs is 1. The summed E-state index contributed by atoms with van der Waals surface area (Å²) in [4.78, 5) is 4.34. The topological polar surface area (TPSA) is 39.1 Å². The molecule has 0 aliphatic carbocycles. The lowest BCUT2D eigenvalue weighted by Crippen LogP contribution is -2.28. The standard InChI is InChI=1S/C13H13ClFN3O/c1-19-13-9(14)4-8(5-10(13)15)11-6-17-12-7-16-2-3-18(11)12/h4-6,16H,2-3,7H2,1H3. The summed E-state index contributed by atoms with van der Waals surface area (Å²) in [5, 5.41) is 3.51. The third kappa shape index (κ3) is 2.09. The zero-order chi connectivity index (χ0) is 13.4. The molecule has 0 fully saturated rings. The van der Waals surface area contributed by atoms with Crippen LogP contribution in [-0.2, 0) is 13.1 Å². The number of aromatic nitrogens is 2. The predicted molar refractivity (Wildman–Crippen MR) is 70.9 cm³/mol. The number of hydrogen-bond donors (Lipinski definition) is 1. The maximum Gasteiger partial charge on any atom is 0.173 e. The molecule has 0 spiro atoms. The van der Waals surface area contributed by atoms with Gasteiger partial charge in [0.15, 0.2) is 11.6 Å². The predicted octanol–water partition coefficient (Wildman–Crippen LogP) is 2.45. The molecule has 0 bridgehead atoms. The molecule has 19 heavy (non-hydrogen) atoms. The largest absolute Gasteiger partial charge is 0.492 e. The van der Waals surface area contributed by atoms with E-state index in [4.69, 9.17) is 16.3 Å². The molecule has 2 heterocycles. The number of methoxy groups -OCH3 is 1. The Morgan fingerprint density at radius 1 is 1.47 bits per heavy atom. The Hall–Kier alpha value is -1.59. The molecular formula is C13H13ClFN3O. The van der Waals surface area contributed by atoms with Crippen LogP contribution >= 0.6 is 11.6 Å². The van der Waals surface area contributed by atoms with E-state index in [9.17, 15) is 4.39 Å². The zero-order valence-electron chi connectivity index (χ0n) is 10.4. The molecule has 0 radical (unpaired) electrons. The van der Waals surface area contributed by atoms with Gasteiger partial charge in [-0.2, -0.15) is 0 Å². The van der Waals surface area contributed by atoms with E-state index in [1.807, 2.05) is 0 Å². The van der Waals surface area contributed by atoms with Crippen LogP contribution in [0.2, 0.25) is 5.02 Å². The van der Waals surface area contributed by atoms with Crippen molar-refractivity contribution in [2.24, 2.45) is 0 Å². The molecule has 1 aromatic carbocycles. The van der Waals surface area contributed by atoms with Crippen molar-refractivity contribution < 1.29 is 9.13 Å². The van der Waals surface area contributed by atoms with Gasteiger partial charge in [-0.05, 0) is 12.1 Å². The van der Waals surface area contributed by atoms with Gasteiger partial charge in [0.05, 0.1) is 30.6 Å². The molecule has 4 nitrogen and oxygen atoms in total. The van der Waals surface area contributed by atoms with Crippen LogP contribution in [0.1, 0.15) is 5.82 Å². The molecule has 3 rings (SSSR count). The summed E-state index contributed by atoms with van der Waals surface area (Å²) in [5.41, 5.74) is 1.59. The van der Waals surface area contributed by atoms with E-state index in [0.717, 1.165) is 31.2 Å². The third-order valence-electron chi connectivity index (χ3n) is 3.23. The number of benzene rings is 1. The molecule has 1 aromatic heterocycles. The summed E-state index contributed by atoms with van der Waals surface area (Å²) in [6.45, 7) is 2.42. The lowest BCUT2D eigenvalue weighted by Gasteiger charge is -2.18. The molecule has 0 saturated heterocycles. The normalized spacial score (nSPS) is 14.3. The Morgan fingerprint density at radius 3 is 3.05 bits per heavy atom. The molecule has 6 heteroatoms. The highest BCUT2D eigenvalue weighted by Crippen LogP contribution is 2.33. The van der Waals surface area contributed by atoms with E-state index in [2.05, 4.69) is 14.9 Å². The number of halogens is 2. The molecule has 0 atom stereocenters. The van der Waals surface area contributed by atoms with Crippen molar-refractivity contribution in [2.75, 3.05) is 13.7 Å². The van der Waals surface area contributed by atoms with Crippen LogP contribution in [0.5, 0.6) is 5.75 Å². The zero-order valence-corrected chi connectivity index (χ0v) is 11.2. The van der Waals surface area contributed by atoms with Gasteiger partial charge in [-0.25, -0.2) is 9.37 Å². The molecule has 100 valence electrons. The SMILES string of the molecule is COc1c(F)cc(-c2cnc3n2CCNC3)cc1Cl. The summed E-state index contributed by atoms with van der Waals surface area (Å²) < 4.78 is 20.9. The van der Waals surface area contributed by atoms with E-state index in [-0.39, 0.29) is 10.8 Å². The first kappa shape index (κ1) is 12.4. The van der Waals surface area contributed by atoms with Gasteiger partial charge < -0.3 is 14.6 Å². The molecular weight excluding hydrogens is 269 g/mol. The van der Waals surface area contributed by atoms with Gasteiger partial charge in [0, 0.05) is 18.7 Å². The van der Waals surface area contributed by atoms with Crippen molar-refractivity contribution in [1.29, 1.82) is 0 Å². The minimum absolute atomic E-state index is 0.0745. The summed E-state index contributed by atoms with van der Waals surface area (Å²) in [6.07, 6.45) is 1.75. The van der Waals surface area contributed by atoms with Crippen molar-refractivity contribution in [3.63, 3.8) is 0 Å². The number of imidazole rings is 1. The van der Waals surface area contributed by atoms with E-state index in [1.54, 1.807) is 12.3 Å². The van der Waals surface area contributed by atoms with Crippen molar-refractivity contribution in [3.8, 4) is 17.0 Å². The van der Waals surface area contributed by atoms with Crippen molar-refractivity contribution in [1.82, 2.24) is 14.9 Å². The minimum atomic E-state index is -0.463. The monoisotopic (exact) mass is 281 g/mol. The summed E-state index contributed by atoms with van der Waals surface area (Å²) >= 11 is 6.03. The fourth-order valence-electron chi connectivity index (χ4n) is 2.33. The second-order valence-corrected chi connectivity index (χ2v) is 4.77. The van der Waals surface area contributed by atoms with Crippen molar-refractivity contribution in [3.05, 3.63) is 35.0 Å². The van der Waals surface area contributed by atoms with Crippen LogP contribution < -0.4 is 10.1 Å². The fourth-order valence-corrected chi connectivity index (χ4v) is 2.61. The smallest absolute Gasteiger partial charge is 0.173 e. The quantitative estimate of drug-likeness (QED) is 0.919. The van der Waals surface area contributed by atoms with Gasteiger partial charge in [0.25, 0.3) is 0 Å². The van der Waals surface area contributed by atoms with E-state index in [0.29, 0.717) is 5.56 Å². The summed E-state index contributed by atoms with van der Waals surface area (Å²) in [5.74, 6) is 0.563. The molecule has 0 amide bonds. The Labute approximate surface area is 115 Å². The molecule has 0 unspecified atom stereocenters. The van der Waals surface area contributed by atoms with Gasteiger partial charge in [0.2, 0.25) is 0 Å². The maximum absolute atomic E-state index is 13.9. The first-order valence-electron chi connectivity index (χ1n) is 5.99. The first-order valence-corrected chi connectivity index (χ1v) is 6.37. The highest BCUT2D eigenvalue weighted by molar-refractivity contribution is 6.32. The minimum Gasteiger partial charge on any atom is -0.492 e. The lowest BCUT2D eigenvalue weighted by molar-refractivity contribution is 0.387. The number of nitrogens with one attached hydrogen (secondary N) is 1. The van der Waals surface area contributed by atoms with E-state index < -0.39 is 5.82 Å². The summed E-state index contributed by atoms with van der Waals surface area (Å²) in [6, 6.07) is 3.13. The van der Waals surface area contributed by atoms with Crippen LogP contribution in [0.3, 0.4) is 0 Å². The maximum atomic E-state index is 13.9. The molecule has 0 saturated carbocycles. The molecule has 1 aliphatic rings. The van der Waals surface area contributed by atoms with Crippen molar-refractivity contribution >= 4 is 11.6 Å². The number of ether oxygens (including phenoxy) is 1. The number of rotatable bonds is 2. The fraction of sp³-hybridized carbons (Fsp3) is 0.308. The van der Waals surface area contributed by atoms with Crippen LogP contribution in [0.4, 0.5) is 4.39 Å². The highest BCUT2D eigenvalue weighted by atomic mass is 35.5. The van der Waals surface area contributed by atoms with Crippen LogP contribution in [0.15, 0.2) is 18.3 Å². The Morgan fingerprint density at radius 2 is 2.32 bits per heavy atom. The van der Waals surface area contributed by atoms with E-state index in [1.165, 1.54) is 13.2 Å². The second kappa shape index (κ2) is 4.83. The molecule has 2 aromatic rings. The second-order valence-electron chi connectivity index (χ2n) is 4.36. The number of nitrogens with zero attached hydrogens (tertiary/aromatic N) is 2. The Kier molecular flexibility index (Phi) is 3.16. The van der Waals surface area contributed by atoms with E-state index >= 15 is 0 Å². The molecule has 1 N–H and O–H groups in total. The van der Waals surface area contributed by atoms with Gasteiger partial charge in [-0.3, -0.25) is 0 Å². The lowest BCUT2D eigenvalue weighted by atomic mass is 10.1.